The average Bonchev–Trinajstić information content (AvgIpc) is 3.25. The summed E-state index contributed by atoms with van der Waals surface area (Å²) < 4.78 is 40.6. The number of halogens is 5. The van der Waals surface area contributed by atoms with Crippen molar-refractivity contribution in [1.29, 1.82) is 0 Å². The highest BCUT2D eigenvalue weighted by Gasteiger charge is 2.39. The zero-order valence-electron chi connectivity index (χ0n) is 20.6. The number of piperidine rings is 1. The van der Waals surface area contributed by atoms with E-state index >= 15 is 0 Å². The van der Waals surface area contributed by atoms with Crippen LogP contribution in [-0.4, -0.2) is 59.5 Å². The molecule has 2 atom stereocenters. The van der Waals surface area contributed by atoms with Gasteiger partial charge >= 0.3 is 6.18 Å². The molecule has 12 heteroatoms. The Balaban J connectivity index is 1.47. The maximum Gasteiger partial charge on any atom is 0.434 e. The van der Waals surface area contributed by atoms with Gasteiger partial charge in [-0.1, -0.05) is 23.2 Å². The molecular weight excluding hydrogens is 540 g/mol. The van der Waals surface area contributed by atoms with Crippen LogP contribution in [0.25, 0.3) is 10.9 Å². The van der Waals surface area contributed by atoms with Gasteiger partial charge in [-0.2, -0.15) is 13.2 Å². The summed E-state index contributed by atoms with van der Waals surface area (Å²) in [5, 5.41) is 4.12. The number of nitrogens with one attached hydrogen (secondary N) is 2. The summed E-state index contributed by atoms with van der Waals surface area (Å²) in [7, 11) is 0. The number of aromatic amines is 1. The summed E-state index contributed by atoms with van der Waals surface area (Å²) in [5.74, 6) is 0.0777. The maximum atomic E-state index is 13.5. The van der Waals surface area contributed by atoms with E-state index in [2.05, 4.69) is 20.2 Å². The lowest BCUT2D eigenvalue weighted by molar-refractivity contribution is -0.141. The molecule has 2 unspecified atom stereocenters. The number of carbonyl (C=O) groups excluding carboxylic acids is 1. The molecule has 7 nitrogen and oxygen atoms in total. The molecule has 1 amide bonds. The molecule has 1 fully saturated rings. The highest BCUT2D eigenvalue weighted by atomic mass is 35.5. The molecule has 2 aliphatic heterocycles. The van der Waals surface area contributed by atoms with Gasteiger partial charge in [-0.05, 0) is 61.6 Å². The number of rotatable bonds is 6. The summed E-state index contributed by atoms with van der Waals surface area (Å²) in [6.07, 6.45) is -1.38. The molecule has 5 rings (SSSR count). The molecule has 1 aromatic carbocycles. The molecule has 2 aliphatic rings. The Bertz CT molecular complexity index is 1330. The number of aromatic nitrogens is 2. The molecule has 0 aliphatic carbocycles. The van der Waals surface area contributed by atoms with E-state index in [1.165, 1.54) is 12.1 Å². The summed E-state index contributed by atoms with van der Waals surface area (Å²) >= 11 is 12.1. The molecule has 204 valence electrons. The van der Waals surface area contributed by atoms with E-state index in [9.17, 15) is 18.0 Å². The third kappa shape index (κ3) is 5.32. The fourth-order valence-electron chi connectivity index (χ4n) is 5.65. The monoisotopic (exact) mass is 568 g/mol. The van der Waals surface area contributed by atoms with E-state index in [4.69, 9.17) is 28.9 Å². The first-order valence-electron chi connectivity index (χ1n) is 12.7. The molecule has 0 spiro atoms. The molecule has 0 saturated carbocycles. The molecule has 4 heterocycles. The number of hydrogen-bond donors (Lipinski definition) is 3. The van der Waals surface area contributed by atoms with Crippen LogP contribution in [0.4, 0.5) is 19.0 Å². The van der Waals surface area contributed by atoms with Crippen molar-refractivity contribution in [2.45, 2.75) is 43.9 Å². The topological polar surface area (TPSA) is 90.3 Å². The molecule has 3 aromatic rings. The first-order valence-corrected chi connectivity index (χ1v) is 13.4. The van der Waals surface area contributed by atoms with Crippen molar-refractivity contribution in [3.8, 4) is 0 Å². The first kappa shape index (κ1) is 27.1. The van der Waals surface area contributed by atoms with Gasteiger partial charge in [0.05, 0.1) is 5.02 Å². The number of benzene rings is 1. The summed E-state index contributed by atoms with van der Waals surface area (Å²) in [6, 6.07) is 7.70. The number of pyridine rings is 1. The Morgan fingerprint density at radius 1 is 1.18 bits per heavy atom. The molecule has 38 heavy (non-hydrogen) atoms. The van der Waals surface area contributed by atoms with E-state index in [0.29, 0.717) is 44.2 Å². The zero-order chi connectivity index (χ0) is 27.0. The van der Waals surface area contributed by atoms with Crippen LogP contribution in [0, 0.1) is 0 Å². The number of nitrogens with two attached hydrogens (primary N) is 1. The van der Waals surface area contributed by atoms with Crippen molar-refractivity contribution in [2.75, 3.05) is 37.6 Å². The van der Waals surface area contributed by atoms with Gasteiger partial charge in [-0.3, -0.25) is 9.69 Å². The van der Waals surface area contributed by atoms with Gasteiger partial charge in [0.1, 0.15) is 11.9 Å². The van der Waals surface area contributed by atoms with E-state index in [1.54, 1.807) is 6.07 Å². The van der Waals surface area contributed by atoms with Crippen molar-refractivity contribution >= 4 is 45.8 Å². The molecule has 0 radical (unpaired) electrons. The highest BCUT2D eigenvalue weighted by molar-refractivity contribution is 6.31. The van der Waals surface area contributed by atoms with Crippen LogP contribution in [0.2, 0.25) is 10.0 Å². The second kappa shape index (κ2) is 10.9. The Labute approximate surface area is 228 Å². The summed E-state index contributed by atoms with van der Waals surface area (Å²) in [4.78, 5) is 24.8. The van der Waals surface area contributed by atoms with Crippen molar-refractivity contribution < 1.29 is 18.0 Å². The number of anilines is 1. The van der Waals surface area contributed by atoms with E-state index in [0.717, 1.165) is 41.4 Å². The van der Waals surface area contributed by atoms with Crippen LogP contribution in [0.5, 0.6) is 0 Å². The van der Waals surface area contributed by atoms with Crippen LogP contribution in [-0.2, 0) is 17.4 Å². The fraction of sp³-hybridized carbons (Fsp3) is 0.462. The second-order valence-corrected chi connectivity index (χ2v) is 10.6. The molecule has 4 N–H and O–H groups in total. The zero-order valence-corrected chi connectivity index (χ0v) is 22.1. The number of hydrogen-bond acceptors (Lipinski definition) is 5. The van der Waals surface area contributed by atoms with Crippen LogP contribution in [0.3, 0.4) is 0 Å². The molecule has 2 aromatic heterocycles. The standard InChI is InChI=1S/C26H29Cl2F3N6O/c27-15-4-6-20-18(13-15)17-8-12-36(23(22(17)34-20)25(38)33-10-9-32)14-16-3-1-2-11-37(16)21-7-5-19(28)24(35-21)26(29,30)31/h4-7,13,16,23,34H,1-3,8-12,14,32H2,(H,33,38). The average molecular weight is 569 g/mol. The van der Waals surface area contributed by atoms with Gasteiger partial charge in [0.25, 0.3) is 0 Å². The van der Waals surface area contributed by atoms with E-state index in [1.807, 2.05) is 17.0 Å². The third-order valence-electron chi connectivity index (χ3n) is 7.35. The third-order valence-corrected chi connectivity index (χ3v) is 7.89. The number of carbonyl (C=O) groups is 1. The lowest BCUT2D eigenvalue weighted by Gasteiger charge is -2.42. The quantitative estimate of drug-likeness (QED) is 0.392. The van der Waals surface area contributed by atoms with E-state index < -0.39 is 22.9 Å². The van der Waals surface area contributed by atoms with Crippen LogP contribution < -0.4 is 16.0 Å². The Morgan fingerprint density at radius 2 is 2.00 bits per heavy atom. The SMILES string of the molecule is NCCNC(=O)C1c2[nH]c3ccc(Cl)cc3c2CCN1CC1CCCCN1c1ccc(Cl)c(C(F)(F)F)n1. The molecule has 1 saturated heterocycles. The van der Waals surface area contributed by atoms with Gasteiger partial charge < -0.3 is 20.9 Å². The highest BCUT2D eigenvalue weighted by Crippen LogP contribution is 2.38. The number of alkyl halides is 3. The first-order chi connectivity index (χ1) is 18.2. The fourth-order valence-corrected chi connectivity index (χ4v) is 6.03. The van der Waals surface area contributed by atoms with Crippen LogP contribution in [0.1, 0.15) is 42.3 Å². The second-order valence-electron chi connectivity index (χ2n) is 9.77. The van der Waals surface area contributed by atoms with Gasteiger partial charge in [0.2, 0.25) is 5.91 Å². The minimum atomic E-state index is -4.65. The van der Waals surface area contributed by atoms with Crippen LogP contribution in [0.15, 0.2) is 30.3 Å². The molecule has 0 bridgehead atoms. The number of fused-ring (bicyclic) bond motifs is 3. The van der Waals surface area contributed by atoms with E-state index in [-0.39, 0.29) is 17.8 Å². The molecular formula is C26H29Cl2F3N6O. The Kier molecular flexibility index (Phi) is 7.77. The summed E-state index contributed by atoms with van der Waals surface area (Å²) in [6.45, 7) is 2.33. The number of amides is 1. The van der Waals surface area contributed by atoms with Gasteiger partial charge in [-0.15, -0.1) is 0 Å². The Morgan fingerprint density at radius 3 is 2.76 bits per heavy atom. The minimum Gasteiger partial charge on any atom is -0.356 e. The van der Waals surface area contributed by atoms with Crippen LogP contribution >= 0.6 is 23.2 Å². The summed E-state index contributed by atoms with van der Waals surface area (Å²) in [5.41, 5.74) is 7.34. The predicted molar refractivity (Wildman–Crippen MR) is 143 cm³/mol. The lowest BCUT2D eigenvalue weighted by Crippen LogP contribution is -2.52. The Hall–Kier alpha value is -2.53. The van der Waals surface area contributed by atoms with Gasteiger partial charge in [0, 0.05) is 60.4 Å². The largest absolute Gasteiger partial charge is 0.434 e. The minimum absolute atomic E-state index is 0.122. The number of nitrogens with zero attached hydrogens (tertiary/aromatic N) is 3. The van der Waals surface area contributed by atoms with Crippen molar-refractivity contribution in [3.05, 3.63) is 57.3 Å². The lowest BCUT2D eigenvalue weighted by atomic mass is 9.94. The van der Waals surface area contributed by atoms with Crippen molar-refractivity contribution in [1.82, 2.24) is 20.2 Å². The normalized spacial score (nSPS) is 20.5. The van der Waals surface area contributed by atoms with Crippen molar-refractivity contribution in [3.63, 3.8) is 0 Å². The van der Waals surface area contributed by atoms with Gasteiger partial charge in [-0.25, -0.2) is 4.98 Å². The number of H-pyrrole nitrogens is 1. The van der Waals surface area contributed by atoms with Crippen molar-refractivity contribution in [2.24, 2.45) is 5.73 Å². The maximum absolute atomic E-state index is 13.5. The predicted octanol–water partition coefficient (Wildman–Crippen LogP) is 4.92. The smallest absolute Gasteiger partial charge is 0.356 e. The van der Waals surface area contributed by atoms with Gasteiger partial charge in [0.15, 0.2) is 5.69 Å².